The number of hydrogen-bond acceptors (Lipinski definition) is 8. The first-order chi connectivity index (χ1) is 15.0. The van der Waals surface area contributed by atoms with Gasteiger partial charge < -0.3 is 42.3 Å². The van der Waals surface area contributed by atoms with Gasteiger partial charge in [0.1, 0.15) is 24.2 Å². The number of carbonyl (C=O) groups excluding carboxylic acids is 4. The van der Waals surface area contributed by atoms with E-state index in [9.17, 15) is 33.9 Å². The summed E-state index contributed by atoms with van der Waals surface area (Å²) in [6.45, 7) is -0.580. The van der Waals surface area contributed by atoms with E-state index in [2.05, 4.69) is 10.6 Å². The molecule has 32 heavy (non-hydrogen) atoms. The van der Waals surface area contributed by atoms with Crippen LogP contribution in [0, 0.1) is 0 Å². The molecule has 0 aromatic carbocycles. The lowest BCUT2D eigenvalue weighted by Gasteiger charge is -2.28. The lowest BCUT2D eigenvalue weighted by atomic mass is 10.1. The van der Waals surface area contributed by atoms with Crippen molar-refractivity contribution in [1.29, 1.82) is 0 Å². The molecule has 180 valence electrons. The molecule has 1 rings (SSSR count). The van der Waals surface area contributed by atoms with Gasteiger partial charge in [-0.2, -0.15) is 0 Å². The predicted molar refractivity (Wildman–Crippen MR) is 107 cm³/mol. The van der Waals surface area contributed by atoms with Crippen molar-refractivity contribution in [3.63, 3.8) is 0 Å². The first kappa shape index (κ1) is 26.8. The molecule has 0 aliphatic carbocycles. The number of rotatable bonds is 13. The summed E-state index contributed by atoms with van der Waals surface area (Å²) in [5.74, 6) is -5.79. The van der Waals surface area contributed by atoms with E-state index in [4.69, 9.17) is 21.7 Å². The smallest absolute Gasteiger partial charge is 0.326 e. The van der Waals surface area contributed by atoms with Crippen molar-refractivity contribution in [2.24, 2.45) is 11.5 Å². The molecule has 9 N–H and O–H groups in total. The maximum absolute atomic E-state index is 12.9. The Morgan fingerprint density at radius 3 is 2.09 bits per heavy atom. The monoisotopic (exact) mass is 459 g/mol. The second kappa shape index (κ2) is 12.6. The van der Waals surface area contributed by atoms with Gasteiger partial charge in [-0.05, 0) is 25.7 Å². The van der Waals surface area contributed by atoms with E-state index in [1.807, 2.05) is 0 Å². The van der Waals surface area contributed by atoms with Crippen LogP contribution in [-0.2, 0) is 28.8 Å². The van der Waals surface area contributed by atoms with Gasteiger partial charge in [-0.25, -0.2) is 4.79 Å². The Bertz CT molecular complexity index is 744. The van der Waals surface area contributed by atoms with E-state index in [0.29, 0.717) is 6.42 Å². The van der Waals surface area contributed by atoms with Gasteiger partial charge in [0.2, 0.25) is 23.6 Å². The van der Waals surface area contributed by atoms with Gasteiger partial charge in [0.25, 0.3) is 0 Å². The summed E-state index contributed by atoms with van der Waals surface area (Å²) in [5.41, 5.74) is 10.5. The van der Waals surface area contributed by atoms with Gasteiger partial charge in [0, 0.05) is 19.4 Å². The topological polar surface area (TPSA) is 242 Å². The van der Waals surface area contributed by atoms with Crippen LogP contribution in [0.15, 0.2) is 0 Å². The molecule has 4 unspecified atom stereocenters. The summed E-state index contributed by atoms with van der Waals surface area (Å²) >= 11 is 0. The van der Waals surface area contributed by atoms with E-state index in [-0.39, 0.29) is 32.2 Å². The van der Waals surface area contributed by atoms with Crippen molar-refractivity contribution < 1.29 is 44.1 Å². The van der Waals surface area contributed by atoms with Gasteiger partial charge in [-0.1, -0.05) is 0 Å². The van der Waals surface area contributed by atoms with Crippen molar-refractivity contribution >= 4 is 35.6 Å². The number of nitrogens with zero attached hydrogens (tertiary/aromatic N) is 1. The van der Waals surface area contributed by atoms with Gasteiger partial charge in [0.05, 0.1) is 6.61 Å². The highest BCUT2D eigenvalue weighted by molar-refractivity contribution is 5.94. The molecule has 1 aliphatic heterocycles. The Balaban J connectivity index is 3.03. The Kier molecular flexibility index (Phi) is 10.5. The first-order valence-corrected chi connectivity index (χ1v) is 9.98. The fourth-order valence-electron chi connectivity index (χ4n) is 3.20. The Morgan fingerprint density at radius 1 is 0.969 bits per heavy atom. The van der Waals surface area contributed by atoms with Crippen molar-refractivity contribution in [2.75, 3.05) is 13.2 Å². The average Bonchev–Trinajstić information content (AvgIpc) is 3.22. The predicted octanol–water partition coefficient (Wildman–Crippen LogP) is -3.52. The maximum Gasteiger partial charge on any atom is 0.326 e. The maximum atomic E-state index is 12.9. The molecule has 0 radical (unpaired) electrons. The fraction of sp³-hybridized carbons (Fsp3) is 0.667. The van der Waals surface area contributed by atoms with E-state index in [1.165, 1.54) is 0 Å². The van der Waals surface area contributed by atoms with Crippen LogP contribution < -0.4 is 22.1 Å². The van der Waals surface area contributed by atoms with Crippen LogP contribution in [0.4, 0.5) is 0 Å². The number of aliphatic hydroxyl groups is 1. The number of aliphatic carboxylic acids is 2. The molecule has 1 saturated heterocycles. The van der Waals surface area contributed by atoms with Crippen LogP contribution in [0.2, 0.25) is 0 Å². The van der Waals surface area contributed by atoms with Gasteiger partial charge >= 0.3 is 11.9 Å². The number of nitrogens with one attached hydrogen (secondary N) is 2. The molecule has 0 aromatic heterocycles. The van der Waals surface area contributed by atoms with Gasteiger partial charge in [-0.3, -0.25) is 24.0 Å². The van der Waals surface area contributed by atoms with Crippen molar-refractivity contribution in [1.82, 2.24) is 15.5 Å². The number of amides is 4. The minimum atomic E-state index is -1.38. The molecule has 0 spiro atoms. The zero-order chi connectivity index (χ0) is 24.4. The number of nitrogens with two attached hydrogens (primary N) is 2. The molecule has 14 nitrogen and oxygen atoms in total. The van der Waals surface area contributed by atoms with Crippen LogP contribution >= 0.6 is 0 Å². The number of carboxylic acid groups (broad SMARTS) is 2. The number of aliphatic hydroxyl groups excluding tert-OH is 1. The van der Waals surface area contributed by atoms with E-state index in [0.717, 1.165) is 4.90 Å². The summed E-state index contributed by atoms with van der Waals surface area (Å²) in [6, 6.07) is -5.18. The highest BCUT2D eigenvalue weighted by atomic mass is 16.4. The summed E-state index contributed by atoms with van der Waals surface area (Å²) in [5, 5.41) is 31.8. The number of primary amides is 1. The van der Waals surface area contributed by atoms with Gasteiger partial charge in [0.15, 0.2) is 0 Å². The third kappa shape index (κ3) is 8.11. The molecule has 0 saturated carbocycles. The summed E-state index contributed by atoms with van der Waals surface area (Å²) < 4.78 is 0. The third-order valence-corrected chi connectivity index (χ3v) is 4.93. The number of carboxylic acids is 2. The highest BCUT2D eigenvalue weighted by Gasteiger charge is 2.38. The van der Waals surface area contributed by atoms with E-state index in [1.54, 1.807) is 0 Å². The van der Waals surface area contributed by atoms with E-state index >= 15 is 0 Å². The lowest BCUT2D eigenvalue weighted by Crippen LogP contribution is -2.57. The zero-order valence-electron chi connectivity index (χ0n) is 17.4. The van der Waals surface area contributed by atoms with Crippen molar-refractivity contribution in [2.45, 2.75) is 62.7 Å². The molecule has 1 aliphatic rings. The second-order valence-electron chi connectivity index (χ2n) is 7.38. The quantitative estimate of drug-likeness (QED) is 0.143. The second-order valence-corrected chi connectivity index (χ2v) is 7.38. The average molecular weight is 459 g/mol. The molecule has 1 fully saturated rings. The highest BCUT2D eigenvalue weighted by Crippen LogP contribution is 2.19. The molecular formula is C18H29N5O9. The summed E-state index contributed by atoms with van der Waals surface area (Å²) in [6.07, 6.45) is -0.707. The molecule has 1 heterocycles. The normalized spacial score (nSPS) is 18.3. The Morgan fingerprint density at radius 2 is 1.56 bits per heavy atom. The minimum Gasteiger partial charge on any atom is -0.481 e. The Hall–Kier alpha value is -3.26. The lowest BCUT2D eigenvalue weighted by molar-refractivity contribution is -0.150. The molecule has 0 bridgehead atoms. The van der Waals surface area contributed by atoms with Crippen LogP contribution in [0.1, 0.15) is 38.5 Å². The van der Waals surface area contributed by atoms with Crippen LogP contribution in [0.3, 0.4) is 0 Å². The van der Waals surface area contributed by atoms with Gasteiger partial charge in [-0.15, -0.1) is 0 Å². The fourth-order valence-corrected chi connectivity index (χ4v) is 3.20. The number of hydrogen-bond donors (Lipinski definition) is 7. The minimum absolute atomic E-state index is 0.127. The Labute approximate surface area is 183 Å². The molecule has 4 atom stereocenters. The van der Waals surface area contributed by atoms with Crippen LogP contribution in [0.25, 0.3) is 0 Å². The first-order valence-electron chi connectivity index (χ1n) is 9.98. The largest absolute Gasteiger partial charge is 0.481 e. The summed E-state index contributed by atoms with van der Waals surface area (Å²) in [7, 11) is 0. The van der Waals surface area contributed by atoms with E-state index < -0.39 is 72.8 Å². The van der Waals surface area contributed by atoms with Crippen LogP contribution in [0.5, 0.6) is 0 Å². The number of likely N-dealkylation sites (tertiary alicyclic amines) is 1. The molecular weight excluding hydrogens is 430 g/mol. The number of carbonyl (C=O) groups is 6. The summed E-state index contributed by atoms with van der Waals surface area (Å²) in [4.78, 5) is 72.2. The standard InChI is InChI=1S/C18H29N5O9/c19-9(8-24)15(28)21-10(3-5-13(20)25)16(29)22-11(4-6-14(26)27)17(30)23-7-1-2-12(23)18(31)32/h9-12,24H,1-8,19H2,(H2,20,25)(H,21,28)(H,22,29)(H,26,27)(H,31,32). The van der Waals surface area contributed by atoms with Crippen molar-refractivity contribution in [3.8, 4) is 0 Å². The molecule has 4 amide bonds. The van der Waals surface area contributed by atoms with Crippen molar-refractivity contribution in [3.05, 3.63) is 0 Å². The zero-order valence-corrected chi connectivity index (χ0v) is 17.4. The van der Waals surface area contributed by atoms with Crippen LogP contribution in [-0.4, -0.2) is 93.1 Å². The third-order valence-electron chi connectivity index (χ3n) is 4.93. The SMILES string of the molecule is NC(=O)CCC(NC(=O)C(N)CO)C(=O)NC(CCC(=O)O)C(=O)N1CCCC1C(=O)O. The molecule has 0 aromatic rings. The molecule has 14 heteroatoms.